The molecule has 1 aromatic carbocycles. The first kappa shape index (κ1) is 15.8. The standard InChI is InChI=1S/C13H15NO2.C2H6/c1-3-6-11(14)9(4-2)10-7-5-8-12(15)13(10)16;1-2/h3-8,15-16H,1,14H2,2H3;1-2H3/b9-4-,11-6+;. The van der Waals surface area contributed by atoms with E-state index in [-0.39, 0.29) is 11.5 Å². The number of hydrogen-bond acceptors (Lipinski definition) is 3. The van der Waals surface area contributed by atoms with E-state index in [1.54, 1.807) is 30.4 Å². The number of benzene rings is 1. The highest BCUT2D eigenvalue weighted by atomic mass is 16.3. The van der Waals surface area contributed by atoms with E-state index >= 15 is 0 Å². The topological polar surface area (TPSA) is 66.5 Å². The molecule has 0 saturated heterocycles. The van der Waals surface area contributed by atoms with E-state index in [2.05, 4.69) is 6.58 Å². The highest BCUT2D eigenvalue weighted by molar-refractivity contribution is 5.82. The minimum absolute atomic E-state index is 0.164. The number of aromatic hydroxyl groups is 2. The van der Waals surface area contributed by atoms with Crippen molar-refractivity contribution in [3.8, 4) is 11.5 Å². The smallest absolute Gasteiger partial charge is 0.165 e. The summed E-state index contributed by atoms with van der Waals surface area (Å²) in [6.07, 6.45) is 4.97. The molecule has 0 radical (unpaired) electrons. The molecule has 0 heterocycles. The lowest BCUT2D eigenvalue weighted by Crippen LogP contribution is -2.00. The molecule has 18 heavy (non-hydrogen) atoms. The van der Waals surface area contributed by atoms with Crippen LogP contribution in [0, 0.1) is 0 Å². The van der Waals surface area contributed by atoms with Gasteiger partial charge in [0.05, 0.1) is 0 Å². The summed E-state index contributed by atoms with van der Waals surface area (Å²) in [5, 5.41) is 19.1. The molecule has 0 atom stereocenters. The highest BCUT2D eigenvalue weighted by Gasteiger charge is 2.11. The van der Waals surface area contributed by atoms with Crippen LogP contribution in [0.5, 0.6) is 11.5 Å². The van der Waals surface area contributed by atoms with Crippen molar-refractivity contribution in [2.75, 3.05) is 0 Å². The zero-order valence-electron chi connectivity index (χ0n) is 11.1. The van der Waals surface area contributed by atoms with Crippen LogP contribution in [0.3, 0.4) is 0 Å². The predicted molar refractivity (Wildman–Crippen MR) is 77.2 cm³/mol. The summed E-state index contributed by atoms with van der Waals surface area (Å²) < 4.78 is 0. The van der Waals surface area contributed by atoms with Crippen molar-refractivity contribution >= 4 is 5.57 Å². The first-order chi connectivity index (χ1) is 8.61. The first-order valence-electron chi connectivity index (χ1n) is 5.88. The highest BCUT2D eigenvalue weighted by Crippen LogP contribution is 2.34. The van der Waals surface area contributed by atoms with Gasteiger partial charge >= 0.3 is 0 Å². The van der Waals surface area contributed by atoms with Gasteiger partial charge in [0.15, 0.2) is 11.5 Å². The number of phenols is 2. The molecule has 3 heteroatoms. The number of hydrogen-bond donors (Lipinski definition) is 3. The van der Waals surface area contributed by atoms with Crippen LogP contribution in [0.2, 0.25) is 0 Å². The van der Waals surface area contributed by atoms with E-state index in [1.807, 2.05) is 20.8 Å². The van der Waals surface area contributed by atoms with Crippen molar-refractivity contribution in [2.24, 2.45) is 5.73 Å². The first-order valence-corrected chi connectivity index (χ1v) is 5.88. The molecular formula is C15H21NO2. The van der Waals surface area contributed by atoms with Crippen molar-refractivity contribution in [1.29, 1.82) is 0 Å². The van der Waals surface area contributed by atoms with Crippen molar-refractivity contribution < 1.29 is 10.2 Å². The fraction of sp³-hybridized carbons (Fsp3) is 0.200. The molecule has 98 valence electrons. The lowest BCUT2D eigenvalue weighted by molar-refractivity contribution is 0.402. The largest absolute Gasteiger partial charge is 0.504 e. The summed E-state index contributed by atoms with van der Waals surface area (Å²) in [6, 6.07) is 4.75. The SMILES string of the molecule is C=C/C=C(N)\C(=C/C)c1cccc(O)c1O.CC. The Morgan fingerprint density at radius 1 is 1.28 bits per heavy atom. The fourth-order valence-corrected chi connectivity index (χ4v) is 1.44. The molecule has 0 unspecified atom stereocenters. The Hall–Kier alpha value is -2.16. The molecule has 0 aliphatic carbocycles. The average Bonchev–Trinajstić information content (AvgIpc) is 2.38. The van der Waals surface area contributed by atoms with Crippen molar-refractivity contribution in [2.45, 2.75) is 20.8 Å². The van der Waals surface area contributed by atoms with Gasteiger partial charge in [-0.3, -0.25) is 0 Å². The molecular weight excluding hydrogens is 226 g/mol. The zero-order chi connectivity index (χ0) is 14.1. The lowest BCUT2D eigenvalue weighted by Gasteiger charge is -2.10. The molecule has 0 aliphatic rings. The number of phenolic OH excluding ortho intramolecular Hbond substituents is 2. The maximum atomic E-state index is 9.72. The summed E-state index contributed by atoms with van der Waals surface area (Å²) in [5.41, 5.74) is 7.46. The van der Waals surface area contributed by atoms with Gasteiger partial charge in [-0.1, -0.05) is 44.7 Å². The molecule has 0 fully saturated rings. The zero-order valence-corrected chi connectivity index (χ0v) is 11.1. The maximum absolute atomic E-state index is 9.72. The third-order valence-corrected chi connectivity index (χ3v) is 2.20. The summed E-state index contributed by atoms with van der Waals surface area (Å²) in [6.45, 7) is 9.36. The van der Waals surface area contributed by atoms with Crippen LogP contribution in [-0.4, -0.2) is 10.2 Å². The van der Waals surface area contributed by atoms with Gasteiger partial charge in [0.1, 0.15) is 0 Å². The molecule has 0 amide bonds. The lowest BCUT2D eigenvalue weighted by atomic mass is 10.0. The van der Waals surface area contributed by atoms with Gasteiger partial charge in [-0.25, -0.2) is 0 Å². The van der Waals surface area contributed by atoms with Crippen molar-refractivity contribution in [3.63, 3.8) is 0 Å². The minimum Gasteiger partial charge on any atom is -0.504 e. The third-order valence-electron chi connectivity index (χ3n) is 2.20. The molecule has 3 nitrogen and oxygen atoms in total. The van der Waals surface area contributed by atoms with Crippen LogP contribution in [0.15, 0.2) is 48.7 Å². The van der Waals surface area contributed by atoms with Crippen LogP contribution in [-0.2, 0) is 0 Å². The number of rotatable bonds is 3. The second-order valence-corrected chi connectivity index (χ2v) is 3.23. The molecule has 0 spiro atoms. The predicted octanol–water partition coefficient (Wildman–Crippen LogP) is 3.56. The summed E-state index contributed by atoms with van der Waals surface area (Å²) in [5.74, 6) is -0.334. The van der Waals surface area contributed by atoms with Gasteiger partial charge in [-0.2, -0.15) is 0 Å². The van der Waals surface area contributed by atoms with E-state index < -0.39 is 0 Å². The van der Waals surface area contributed by atoms with Gasteiger partial charge in [0, 0.05) is 16.8 Å². The molecule has 0 bridgehead atoms. The van der Waals surface area contributed by atoms with Crippen LogP contribution in [0.4, 0.5) is 0 Å². The molecule has 1 rings (SSSR count). The van der Waals surface area contributed by atoms with E-state index in [0.29, 0.717) is 16.8 Å². The van der Waals surface area contributed by atoms with Crippen LogP contribution >= 0.6 is 0 Å². The Kier molecular flexibility index (Phi) is 7.05. The third kappa shape index (κ3) is 3.70. The Bertz CT molecular complexity index is 460. The van der Waals surface area contributed by atoms with Gasteiger partial charge in [0.2, 0.25) is 0 Å². The average molecular weight is 247 g/mol. The Labute approximate surface area is 109 Å². The number of allylic oxidation sites excluding steroid dienone is 4. The molecule has 4 N–H and O–H groups in total. The van der Waals surface area contributed by atoms with E-state index in [9.17, 15) is 10.2 Å². The molecule has 0 saturated carbocycles. The minimum atomic E-state index is -0.170. The second-order valence-electron chi connectivity index (χ2n) is 3.23. The van der Waals surface area contributed by atoms with Crippen molar-refractivity contribution in [1.82, 2.24) is 0 Å². The van der Waals surface area contributed by atoms with Gasteiger partial charge in [-0.05, 0) is 19.1 Å². The molecule has 1 aromatic rings. The quantitative estimate of drug-likeness (QED) is 0.565. The molecule has 0 aromatic heterocycles. The summed E-state index contributed by atoms with van der Waals surface area (Å²) >= 11 is 0. The fourth-order valence-electron chi connectivity index (χ4n) is 1.44. The van der Waals surface area contributed by atoms with Crippen LogP contribution in [0.25, 0.3) is 5.57 Å². The number of para-hydroxylation sites is 1. The summed E-state index contributed by atoms with van der Waals surface area (Å²) in [7, 11) is 0. The van der Waals surface area contributed by atoms with Crippen molar-refractivity contribution in [3.05, 3.63) is 54.3 Å². The Balaban J connectivity index is 0.00000137. The van der Waals surface area contributed by atoms with E-state index in [4.69, 9.17) is 5.73 Å². The maximum Gasteiger partial charge on any atom is 0.165 e. The second kappa shape index (κ2) is 8.01. The van der Waals surface area contributed by atoms with E-state index in [1.165, 1.54) is 6.07 Å². The van der Waals surface area contributed by atoms with Crippen LogP contribution < -0.4 is 5.73 Å². The Morgan fingerprint density at radius 3 is 2.39 bits per heavy atom. The monoisotopic (exact) mass is 247 g/mol. The van der Waals surface area contributed by atoms with Gasteiger partial charge in [-0.15, -0.1) is 0 Å². The number of nitrogens with two attached hydrogens (primary N) is 1. The Morgan fingerprint density at radius 2 is 1.89 bits per heavy atom. The normalized spacial score (nSPS) is 11.5. The van der Waals surface area contributed by atoms with Crippen LogP contribution in [0.1, 0.15) is 26.3 Å². The summed E-state index contributed by atoms with van der Waals surface area (Å²) in [4.78, 5) is 0. The molecule has 0 aliphatic heterocycles. The van der Waals surface area contributed by atoms with E-state index in [0.717, 1.165) is 0 Å². The van der Waals surface area contributed by atoms with Gasteiger partial charge in [0.25, 0.3) is 0 Å². The van der Waals surface area contributed by atoms with Gasteiger partial charge < -0.3 is 15.9 Å².